The van der Waals surface area contributed by atoms with Crippen molar-refractivity contribution >= 4 is 17.5 Å². The number of nitrogens with one attached hydrogen (secondary N) is 2. The van der Waals surface area contributed by atoms with E-state index in [1.54, 1.807) is 24.0 Å². The van der Waals surface area contributed by atoms with Crippen LogP contribution in [-0.2, 0) is 6.54 Å². The van der Waals surface area contributed by atoms with Crippen LogP contribution < -0.4 is 10.6 Å². The third-order valence-electron chi connectivity index (χ3n) is 3.51. The third-order valence-corrected chi connectivity index (χ3v) is 3.86. The first-order valence-electron chi connectivity index (χ1n) is 6.97. The van der Waals surface area contributed by atoms with Crippen molar-refractivity contribution in [2.24, 2.45) is 0 Å². The van der Waals surface area contributed by atoms with E-state index in [0.717, 1.165) is 17.8 Å². The second-order valence-corrected chi connectivity index (χ2v) is 5.56. The largest absolute Gasteiger partial charge is 0.354 e. The number of benzene rings is 1. The molecule has 1 aliphatic carbocycles. The summed E-state index contributed by atoms with van der Waals surface area (Å²) in [6.45, 7) is 0.784. The molecule has 5 nitrogen and oxygen atoms in total. The van der Waals surface area contributed by atoms with Crippen molar-refractivity contribution in [1.82, 2.24) is 20.4 Å². The molecule has 0 aliphatic heterocycles. The Morgan fingerprint density at radius 1 is 1.43 bits per heavy atom. The van der Waals surface area contributed by atoms with Crippen LogP contribution in [0.5, 0.6) is 0 Å². The fraction of sp³-hybridized carbons (Fsp3) is 0.333. The second kappa shape index (κ2) is 5.87. The van der Waals surface area contributed by atoms with E-state index in [0.29, 0.717) is 16.8 Å². The van der Waals surface area contributed by atoms with Gasteiger partial charge in [0, 0.05) is 30.9 Å². The predicted octanol–water partition coefficient (Wildman–Crippen LogP) is 2.14. The Bertz CT molecular complexity index is 663. The van der Waals surface area contributed by atoms with E-state index in [1.165, 1.54) is 12.8 Å². The number of nitrogens with zero attached hydrogens (tertiary/aromatic N) is 2. The molecule has 0 bridgehead atoms. The van der Waals surface area contributed by atoms with Gasteiger partial charge < -0.3 is 10.6 Å². The van der Waals surface area contributed by atoms with E-state index < -0.39 is 0 Å². The Morgan fingerprint density at radius 2 is 2.24 bits per heavy atom. The van der Waals surface area contributed by atoms with Crippen molar-refractivity contribution in [2.75, 3.05) is 7.05 Å². The summed E-state index contributed by atoms with van der Waals surface area (Å²) in [5, 5.41) is 10.9. The van der Waals surface area contributed by atoms with Crippen molar-refractivity contribution < 1.29 is 4.79 Å². The molecule has 0 spiro atoms. The molecule has 1 aromatic carbocycles. The van der Waals surface area contributed by atoms with Gasteiger partial charge in [-0.3, -0.25) is 4.79 Å². The Morgan fingerprint density at radius 3 is 2.90 bits per heavy atom. The van der Waals surface area contributed by atoms with Gasteiger partial charge in [0.1, 0.15) is 0 Å². The first-order chi connectivity index (χ1) is 10.2. The van der Waals surface area contributed by atoms with Crippen molar-refractivity contribution in [1.29, 1.82) is 0 Å². The average Bonchev–Trinajstić information content (AvgIpc) is 3.19. The number of aromatic nitrogens is 2. The number of hydrogen-bond acceptors (Lipinski definition) is 3. The molecule has 21 heavy (non-hydrogen) atoms. The van der Waals surface area contributed by atoms with Crippen molar-refractivity contribution in [3.8, 4) is 5.69 Å². The van der Waals surface area contributed by atoms with E-state index in [4.69, 9.17) is 11.6 Å². The highest BCUT2D eigenvalue weighted by Gasteiger charge is 2.20. The standard InChI is InChI=1S/C15H17ClN4O/c1-17-15(21)14-6-7-20(19-14)12-5-2-10(13(16)8-12)9-18-11-3-4-11/h2,5-8,11,18H,3-4,9H2,1H3,(H,17,21). The molecule has 3 rings (SSSR count). The van der Waals surface area contributed by atoms with Gasteiger partial charge in [-0.1, -0.05) is 17.7 Å². The Labute approximate surface area is 128 Å². The molecule has 0 radical (unpaired) electrons. The van der Waals surface area contributed by atoms with Crippen LogP contribution in [0.3, 0.4) is 0 Å². The maximum absolute atomic E-state index is 11.5. The van der Waals surface area contributed by atoms with Gasteiger partial charge in [0.05, 0.1) is 5.69 Å². The molecule has 1 heterocycles. The maximum atomic E-state index is 11.5. The van der Waals surface area contributed by atoms with E-state index >= 15 is 0 Å². The maximum Gasteiger partial charge on any atom is 0.271 e. The predicted molar refractivity (Wildman–Crippen MR) is 81.8 cm³/mol. The SMILES string of the molecule is CNC(=O)c1ccn(-c2ccc(CNC3CC3)c(Cl)c2)n1. The lowest BCUT2D eigenvalue weighted by atomic mass is 10.2. The summed E-state index contributed by atoms with van der Waals surface area (Å²) < 4.78 is 1.65. The minimum atomic E-state index is -0.204. The van der Waals surface area contributed by atoms with Gasteiger partial charge in [-0.25, -0.2) is 4.68 Å². The summed E-state index contributed by atoms with van der Waals surface area (Å²) in [5.74, 6) is -0.204. The fourth-order valence-electron chi connectivity index (χ4n) is 2.08. The average molecular weight is 305 g/mol. The molecule has 6 heteroatoms. The Kier molecular flexibility index (Phi) is 3.94. The van der Waals surface area contributed by atoms with E-state index in [1.807, 2.05) is 18.2 Å². The highest BCUT2D eigenvalue weighted by atomic mass is 35.5. The van der Waals surface area contributed by atoms with E-state index in [9.17, 15) is 4.79 Å². The lowest BCUT2D eigenvalue weighted by molar-refractivity contribution is 0.0957. The summed E-state index contributed by atoms with van der Waals surface area (Å²) in [7, 11) is 1.58. The molecule has 110 valence electrons. The lowest BCUT2D eigenvalue weighted by Crippen LogP contribution is -2.18. The summed E-state index contributed by atoms with van der Waals surface area (Å²) >= 11 is 6.32. The number of amides is 1. The molecule has 1 aliphatic rings. The van der Waals surface area contributed by atoms with Gasteiger partial charge in [-0.05, 0) is 36.6 Å². The van der Waals surface area contributed by atoms with Gasteiger partial charge in [0.2, 0.25) is 0 Å². The normalized spacial score (nSPS) is 14.2. The van der Waals surface area contributed by atoms with Crippen molar-refractivity contribution in [3.05, 3.63) is 46.7 Å². The number of rotatable bonds is 5. The molecule has 0 atom stereocenters. The van der Waals surface area contributed by atoms with Gasteiger partial charge in [-0.2, -0.15) is 5.10 Å². The molecular weight excluding hydrogens is 288 g/mol. The van der Waals surface area contributed by atoms with Crippen molar-refractivity contribution in [2.45, 2.75) is 25.4 Å². The molecular formula is C15H17ClN4O. The van der Waals surface area contributed by atoms with Crippen LogP contribution in [0.1, 0.15) is 28.9 Å². The van der Waals surface area contributed by atoms with Crippen LogP contribution in [0.2, 0.25) is 5.02 Å². The third kappa shape index (κ3) is 3.25. The van der Waals surface area contributed by atoms with Crippen LogP contribution in [0.4, 0.5) is 0 Å². The van der Waals surface area contributed by atoms with Crippen LogP contribution in [0.25, 0.3) is 5.69 Å². The molecule has 2 N–H and O–H groups in total. The quantitative estimate of drug-likeness (QED) is 0.890. The van der Waals surface area contributed by atoms with Crippen LogP contribution in [0.15, 0.2) is 30.5 Å². The zero-order valence-corrected chi connectivity index (χ0v) is 12.5. The van der Waals surface area contributed by atoms with Gasteiger partial charge in [-0.15, -0.1) is 0 Å². The topological polar surface area (TPSA) is 59.0 Å². The summed E-state index contributed by atoms with van der Waals surface area (Å²) in [6.07, 6.45) is 4.26. The number of halogens is 1. The van der Waals surface area contributed by atoms with Gasteiger partial charge in [0.25, 0.3) is 5.91 Å². The van der Waals surface area contributed by atoms with Crippen molar-refractivity contribution in [3.63, 3.8) is 0 Å². The molecule has 1 fully saturated rings. The van der Waals surface area contributed by atoms with E-state index in [2.05, 4.69) is 15.7 Å². The molecule has 2 aromatic rings. The molecule has 0 saturated heterocycles. The van der Waals surface area contributed by atoms with Gasteiger partial charge >= 0.3 is 0 Å². The zero-order valence-electron chi connectivity index (χ0n) is 11.8. The van der Waals surface area contributed by atoms with Crippen LogP contribution in [-0.4, -0.2) is 28.8 Å². The Balaban J connectivity index is 1.77. The monoisotopic (exact) mass is 304 g/mol. The Hall–Kier alpha value is -1.85. The summed E-state index contributed by atoms with van der Waals surface area (Å²) in [5.41, 5.74) is 2.30. The highest BCUT2D eigenvalue weighted by molar-refractivity contribution is 6.31. The van der Waals surface area contributed by atoms with Crippen LogP contribution in [0, 0.1) is 0 Å². The zero-order chi connectivity index (χ0) is 14.8. The first-order valence-corrected chi connectivity index (χ1v) is 7.35. The molecule has 1 aromatic heterocycles. The lowest BCUT2D eigenvalue weighted by Gasteiger charge is -2.08. The smallest absolute Gasteiger partial charge is 0.271 e. The van der Waals surface area contributed by atoms with Gasteiger partial charge in [0.15, 0.2) is 5.69 Å². The fourth-order valence-corrected chi connectivity index (χ4v) is 2.32. The summed E-state index contributed by atoms with van der Waals surface area (Å²) in [4.78, 5) is 11.5. The summed E-state index contributed by atoms with van der Waals surface area (Å²) in [6, 6.07) is 8.15. The van der Waals surface area contributed by atoms with Crippen LogP contribution >= 0.6 is 11.6 Å². The number of hydrogen-bond donors (Lipinski definition) is 2. The first kappa shape index (κ1) is 14.1. The molecule has 1 saturated carbocycles. The molecule has 1 amide bonds. The molecule has 0 unspecified atom stereocenters. The second-order valence-electron chi connectivity index (χ2n) is 5.16. The highest BCUT2D eigenvalue weighted by Crippen LogP contribution is 2.23. The van der Waals surface area contributed by atoms with E-state index in [-0.39, 0.29) is 5.91 Å². The minimum Gasteiger partial charge on any atom is -0.354 e. The number of carbonyl (C=O) groups excluding carboxylic acids is 1. The minimum absolute atomic E-state index is 0.204. The number of carbonyl (C=O) groups is 1.